The molecule has 1 aliphatic carbocycles. The van der Waals surface area contributed by atoms with Gasteiger partial charge in [0.25, 0.3) is 5.91 Å². The van der Waals surface area contributed by atoms with E-state index in [0.717, 1.165) is 42.5 Å². The van der Waals surface area contributed by atoms with Crippen LogP contribution in [0.5, 0.6) is 0 Å². The summed E-state index contributed by atoms with van der Waals surface area (Å²) in [5, 5.41) is 0. The van der Waals surface area contributed by atoms with Crippen molar-refractivity contribution in [2.24, 2.45) is 16.6 Å². The van der Waals surface area contributed by atoms with Gasteiger partial charge >= 0.3 is 0 Å². The summed E-state index contributed by atoms with van der Waals surface area (Å²) >= 11 is 4.61. The molecule has 0 bridgehead atoms. The van der Waals surface area contributed by atoms with Crippen molar-refractivity contribution in [2.45, 2.75) is 52.1 Å². The molecule has 0 radical (unpaired) electrons. The predicted octanol–water partition coefficient (Wildman–Crippen LogP) is 3.75. The molecule has 1 amide bonds. The summed E-state index contributed by atoms with van der Waals surface area (Å²) < 4.78 is 15.3. The highest BCUT2D eigenvalue weighted by atomic mass is 32.1. The first-order valence-electron chi connectivity index (χ1n) is 8.77. The van der Waals surface area contributed by atoms with Crippen molar-refractivity contribution in [1.82, 2.24) is 4.31 Å². The Hall–Kier alpha value is -1.82. The number of carbonyl (C=O) groups is 1. The molecule has 1 atom stereocenters. The number of nitrogens with zero attached hydrogens (tertiary/aromatic N) is 2. The van der Waals surface area contributed by atoms with Gasteiger partial charge < -0.3 is 5.73 Å². The number of primary amides is 1. The van der Waals surface area contributed by atoms with Crippen LogP contribution in [-0.2, 0) is 4.79 Å². The molecular weight excluding hydrogens is 337 g/mol. The van der Waals surface area contributed by atoms with E-state index in [1.807, 2.05) is 13.8 Å². The van der Waals surface area contributed by atoms with Crippen molar-refractivity contribution < 1.29 is 9.18 Å². The van der Waals surface area contributed by atoms with Gasteiger partial charge in [-0.15, -0.1) is 0 Å². The van der Waals surface area contributed by atoms with Crippen molar-refractivity contribution in [3.8, 4) is 0 Å². The van der Waals surface area contributed by atoms with E-state index in [2.05, 4.69) is 17.8 Å². The van der Waals surface area contributed by atoms with Crippen LogP contribution in [0.15, 0.2) is 34.5 Å². The molecule has 4 nitrogen and oxygen atoms in total. The Balaban J connectivity index is 2.17. The molecule has 0 aromatic heterocycles. The Kier molecular flexibility index (Phi) is 5.18. The van der Waals surface area contributed by atoms with E-state index in [4.69, 9.17) is 5.73 Å². The van der Waals surface area contributed by atoms with E-state index >= 15 is 0 Å². The number of benzene rings is 1. The fourth-order valence-electron chi connectivity index (χ4n) is 3.85. The summed E-state index contributed by atoms with van der Waals surface area (Å²) in [5.74, 6) is -0.560. The zero-order valence-electron chi connectivity index (χ0n) is 14.6. The van der Waals surface area contributed by atoms with Crippen LogP contribution < -0.4 is 5.73 Å². The number of thiol groups is 1. The second-order valence-corrected chi connectivity index (χ2v) is 7.30. The number of hydrogen-bond acceptors (Lipinski definition) is 4. The Morgan fingerprint density at radius 2 is 2.00 bits per heavy atom. The minimum absolute atomic E-state index is 0.220. The normalized spacial score (nSPS) is 22.2. The first-order valence-corrected chi connectivity index (χ1v) is 9.17. The minimum atomic E-state index is -0.506. The monoisotopic (exact) mass is 361 g/mol. The van der Waals surface area contributed by atoms with Gasteiger partial charge in [0.2, 0.25) is 0 Å². The Bertz CT molecular complexity index is 753. The lowest BCUT2D eigenvalue weighted by molar-refractivity contribution is -0.114. The van der Waals surface area contributed by atoms with Crippen LogP contribution in [0.25, 0.3) is 0 Å². The van der Waals surface area contributed by atoms with E-state index in [-0.39, 0.29) is 17.9 Å². The lowest BCUT2D eigenvalue weighted by Gasteiger charge is -2.38. The largest absolute Gasteiger partial charge is 0.365 e. The molecule has 1 fully saturated rings. The molecule has 25 heavy (non-hydrogen) atoms. The lowest BCUT2D eigenvalue weighted by atomic mass is 9.82. The van der Waals surface area contributed by atoms with E-state index in [1.165, 1.54) is 18.6 Å². The molecule has 2 N–H and O–H groups in total. The summed E-state index contributed by atoms with van der Waals surface area (Å²) in [7, 11) is 0. The van der Waals surface area contributed by atoms with Gasteiger partial charge in [-0.2, -0.15) is 0 Å². The number of amides is 1. The maximum absolute atomic E-state index is 13.5. The molecule has 1 aliphatic heterocycles. The summed E-state index contributed by atoms with van der Waals surface area (Å²) in [5.41, 5.74) is 9.11. The standard InChI is InChI=1S/C19H24FN3OS/c1-11-10-14(20)8-9-15(11)17-16(19(21)24)18(23(25)12(2)22-17)13-6-4-3-5-7-13/h8-10,12-13,25H,3-7H2,1-2H3,(H2,21,24). The van der Waals surface area contributed by atoms with Crippen LogP contribution in [-0.4, -0.2) is 22.1 Å². The van der Waals surface area contributed by atoms with E-state index < -0.39 is 5.91 Å². The van der Waals surface area contributed by atoms with Crippen molar-refractivity contribution in [2.75, 3.05) is 0 Å². The average molecular weight is 361 g/mol. The second kappa shape index (κ2) is 7.20. The SMILES string of the molecule is Cc1cc(F)ccc1C1=NC(C)N(S)C(C2CCCCC2)=C1C(N)=O. The van der Waals surface area contributed by atoms with Crippen LogP contribution in [0.3, 0.4) is 0 Å². The maximum atomic E-state index is 13.5. The molecule has 1 saturated carbocycles. The molecule has 6 heteroatoms. The van der Waals surface area contributed by atoms with E-state index in [1.54, 1.807) is 10.4 Å². The number of aliphatic imine (C=N–C) groups is 1. The Labute approximate surface area is 153 Å². The molecule has 0 spiro atoms. The molecule has 0 saturated heterocycles. The van der Waals surface area contributed by atoms with Gasteiger partial charge in [-0.1, -0.05) is 32.1 Å². The molecular formula is C19H24FN3OS. The summed E-state index contributed by atoms with van der Waals surface area (Å²) in [6.45, 7) is 3.75. The number of halogens is 1. The summed E-state index contributed by atoms with van der Waals surface area (Å²) in [6, 6.07) is 4.52. The summed E-state index contributed by atoms with van der Waals surface area (Å²) in [6.07, 6.45) is 5.31. The average Bonchev–Trinajstić information content (AvgIpc) is 2.57. The number of carbonyl (C=O) groups excluding carboxylic acids is 1. The fraction of sp³-hybridized carbons (Fsp3) is 0.474. The number of hydrogen-bond donors (Lipinski definition) is 2. The first-order chi connectivity index (χ1) is 11.9. The highest BCUT2D eigenvalue weighted by Gasteiger charge is 2.35. The van der Waals surface area contributed by atoms with Gasteiger partial charge in [-0.25, -0.2) is 4.39 Å². The Morgan fingerprint density at radius 1 is 1.32 bits per heavy atom. The smallest absolute Gasteiger partial charge is 0.252 e. The van der Waals surface area contributed by atoms with Crippen molar-refractivity contribution in [1.29, 1.82) is 0 Å². The molecule has 134 valence electrons. The first kappa shape index (κ1) is 18.0. The summed E-state index contributed by atoms with van der Waals surface area (Å²) in [4.78, 5) is 17.0. The minimum Gasteiger partial charge on any atom is -0.365 e. The third-order valence-corrected chi connectivity index (χ3v) is 5.64. The number of allylic oxidation sites excluding steroid dienone is 1. The Morgan fingerprint density at radius 3 is 2.60 bits per heavy atom. The van der Waals surface area contributed by atoms with E-state index in [9.17, 15) is 9.18 Å². The zero-order chi connectivity index (χ0) is 18.1. The van der Waals surface area contributed by atoms with Gasteiger partial charge in [0.05, 0.1) is 11.3 Å². The predicted molar refractivity (Wildman–Crippen MR) is 101 cm³/mol. The third-order valence-electron chi connectivity index (χ3n) is 5.09. The van der Waals surface area contributed by atoms with Crippen molar-refractivity contribution >= 4 is 24.4 Å². The molecule has 1 heterocycles. The van der Waals surface area contributed by atoms with Crippen molar-refractivity contribution in [3.63, 3.8) is 0 Å². The van der Waals surface area contributed by atoms with E-state index in [0.29, 0.717) is 11.3 Å². The number of aryl methyl sites for hydroxylation is 1. The van der Waals surface area contributed by atoms with Crippen molar-refractivity contribution in [3.05, 3.63) is 46.4 Å². The van der Waals surface area contributed by atoms with Gasteiger partial charge in [-0.05, 0) is 50.5 Å². The van der Waals surface area contributed by atoms with Crippen LogP contribution >= 0.6 is 12.8 Å². The highest BCUT2D eigenvalue weighted by Crippen LogP contribution is 2.38. The molecule has 2 aliphatic rings. The fourth-order valence-corrected chi connectivity index (χ4v) is 4.17. The quantitative estimate of drug-likeness (QED) is 0.806. The van der Waals surface area contributed by atoms with Gasteiger partial charge in [0.1, 0.15) is 12.0 Å². The molecule has 3 rings (SSSR count). The van der Waals surface area contributed by atoms with Crippen LogP contribution in [0.1, 0.15) is 50.2 Å². The number of nitrogens with two attached hydrogens (primary N) is 1. The highest BCUT2D eigenvalue weighted by molar-refractivity contribution is 7.77. The van der Waals surface area contributed by atoms with Crippen LogP contribution in [0, 0.1) is 18.7 Å². The maximum Gasteiger partial charge on any atom is 0.252 e. The second-order valence-electron chi connectivity index (χ2n) is 6.87. The zero-order valence-corrected chi connectivity index (χ0v) is 15.5. The number of rotatable bonds is 3. The van der Waals surface area contributed by atoms with Gasteiger partial charge in [0.15, 0.2) is 0 Å². The topological polar surface area (TPSA) is 58.7 Å². The lowest BCUT2D eigenvalue weighted by Crippen LogP contribution is -2.39. The third kappa shape index (κ3) is 3.45. The van der Waals surface area contributed by atoms with Gasteiger partial charge in [-0.3, -0.25) is 14.1 Å². The van der Waals surface area contributed by atoms with Crippen LogP contribution in [0.4, 0.5) is 4.39 Å². The molecule has 1 aromatic carbocycles. The molecule has 1 unspecified atom stereocenters. The van der Waals surface area contributed by atoms with Crippen LogP contribution in [0.2, 0.25) is 0 Å². The molecule has 1 aromatic rings. The van der Waals surface area contributed by atoms with Gasteiger partial charge in [0, 0.05) is 17.2 Å².